The molecule has 98 valence electrons. The zero-order valence-corrected chi connectivity index (χ0v) is 11.1. The van der Waals surface area contributed by atoms with Crippen LogP contribution >= 0.6 is 11.5 Å². The Labute approximate surface area is 111 Å². The van der Waals surface area contributed by atoms with Gasteiger partial charge in [-0.25, -0.2) is 4.98 Å². The van der Waals surface area contributed by atoms with Crippen molar-refractivity contribution >= 4 is 28.6 Å². The van der Waals surface area contributed by atoms with Crippen molar-refractivity contribution in [2.75, 3.05) is 5.73 Å². The second-order valence-corrected chi connectivity index (χ2v) is 5.13. The number of H-pyrrole nitrogens is 2. The first-order chi connectivity index (χ1) is 9.06. The van der Waals surface area contributed by atoms with Crippen molar-refractivity contribution in [2.24, 2.45) is 0 Å². The van der Waals surface area contributed by atoms with Gasteiger partial charge in [-0.15, -0.1) is 5.10 Å². The topological polar surface area (TPSA) is 126 Å². The van der Waals surface area contributed by atoms with E-state index in [9.17, 15) is 4.79 Å². The third-order valence-corrected chi connectivity index (χ3v) is 3.40. The Kier molecular flexibility index (Phi) is 2.56. The van der Waals surface area contributed by atoms with Crippen LogP contribution in [-0.4, -0.2) is 29.5 Å². The number of aromatic amines is 2. The Bertz CT molecular complexity index is 800. The maximum Gasteiger partial charge on any atom is 0.278 e. The molecule has 0 aliphatic heterocycles. The van der Waals surface area contributed by atoms with Gasteiger partial charge in [-0.2, -0.15) is 4.98 Å². The van der Waals surface area contributed by atoms with E-state index >= 15 is 0 Å². The molecule has 0 aliphatic rings. The highest BCUT2D eigenvalue weighted by molar-refractivity contribution is 7.09. The summed E-state index contributed by atoms with van der Waals surface area (Å²) in [4.78, 5) is 26.2. The summed E-state index contributed by atoms with van der Waals surface area (Å²) in [5.41, 5.74) is 6.58. The lowest BCUT2D eigenvalue weighted by Gasteiger charge is -2.00. The van der Waals surface area contributed by atoms with Gasteiger partial charge in [0.05, 0.1) is 5.69 Å². The van der Waals surface area contributed by atoms with Crippen molar-refractivity contribution < 1.29 is 0 Å². The monoisotopic (exact) mass is 277 g/mol. The summed E-state index contributed by atoms with van der Waals surface area (Å²) < 4.78 is 3.93. The van der Waals surface area contributed by atoms with Gasteiger partial charge in [-0.1, -0.05) is 18.3 Å². The predicted octanol–water partition coefficient (Wildman–Crippen LogP) is 0.870. The highest BCUT2D eigenvalue weighted by atomic mass is 32.1. The van der Waals surface area contributed by atoms with Crippen LogP contribution in [-0.2, 0) is 0 Å². The molecule has 8 nitrogen and oxygen atoms in total. The molecule has 9 heteroatoms. The van der Waals surface area contributed by atoms with Crippen LogP contribution in [0, 0.1) is 0 Å². The van der Waals surface area contributed by atoms with Crippen LogP contribution in [0.5, 0.6) is 0 Å². The minimum Gasteiger partial charge on any atom is -0.369 e. The van der Waals surface area contributed by atoms with Crippen LogP contribution in [0.3, 0.4) is 0 Å². The Balaban J connectivity index is 2.24. The zero-order valence-electron chi connectivity index (χ0n) is 10.3. The van der Waals surface area contributed by atoms with Gasteiger partial charge < -0.3 is 10.7 Å². The molecule has 0 radical (unpaired) electrons. The lowest BCUT2D eigenvalue weighted by atomic mass is 10.1. The second-order valence-electron chi connectivity index (χ2n) is 4.38. The summed E-state index contributed by atoms with van der Waals surface area (Å²) in [6, 6.07) is 0. The molecule has 0 saturated carbocycles. The van der Waals surface area contributed by atoms with Crippen molar-refractivity contribution in [2.45, 2.75) is 19.8 Å². The number of nitrogens with zero attached hydrogens (tertiary/aromatic N) is 4. The summed E-state index contributed by atoms with van der Waals surface area (Å²) in [6.45, 7) is 4.04. The largest absolute Gasteiger partial charge is 0.369 e. The van der Waals surface area contributed by atoms with E-state index in [1.807, 2.05) is 13.8 Å². The number of nitrogen functional groups attached to an aromatic ring is 1. The fraction of sp³-hybridized carbons (Fsp3) is 0.300. The Morgan fingerprint density at radius 1 is 1.26 bits per heavy atom. The van der Waals surface area contributed by atoms with E-state index in [0.717, 1.165) is 10.6 Å². The second kappa shape index (κ2) is 4.12. The average Bonchev–Trinajstić information content (AvgIpc) is 2.92. The lowest BCUT2D eigenvalue weighted by molar-refractivity contribution is 0.813. The first-order valence-corrected chi connectivity index (χ1v) is 6.41. The van der Waals surface area contributed by atoms with Gasteiger partial charge in [0.2, 0.25) is 5.95 Å². The lowest BCUT2D eigenvalue weighted by Crippen LogP contribution is -2.10. The molecule has 4 N–H and O–H groups in total. The van der Waals surface area contributed by atoms with Crippen LogP contribution in [0.25, 0.3) is 21.9 Å². The molecular formula is C10H11N7OS. The normalized spacial score (nSPS) is 11.5. The van der Waals surface area contributed by atoms with E-state index in [-0.39, 0.29) is 17.4 Å². The number of imidazole rings is 1. The number of rotatable bonds is 2. The van der Waals surface area contributed by atoms with E-state index in [0.29, 0.717) is 17.0 Å². The van der Waals surface area contributed by atoms with Crippen LogP contribution < -0.4 is 11.3 Å². The molecular weight excluding hydrogens is 266 g/mol. The fourth-order valence-corrected chi connectivity index (χ4v) is 2.53. The van der Waals surface area contributed by atoms with Crippen LogP contribution in [0.1, 0.15) is 25.5 Å². The van der Waals surface area contributed by atoms with Gasteiger partial charge in [0.1, 0.15) is 4.88 Å². The molecule has 3 aromatic heterocycles. The van der Waals surface area contributed by atoms with Crippen LogP contribution in [0.4, 0.5) is 5.95 Å². The maximum atomic E-state index is 11.7. The first kappa shape index (κ1) is 11.8. The molecule has 3 rings (SSSR count). The van der Waals surface area contributed by atoms with Crippen molar-refractivity contribution in [3.05, 3.63) is 16.0 Å². The van der Waals surface area contributed by atoms with E-state index in [4.69, 9.17) is 5.73 Å². The Morgan fingerprint density at radius 3 is 2.79 bits per heavy atom. The smallest absolute Gasteiger partial charge is 0.278 e. The number of nitrogens with two attached hydrogens (primary N) is 1. The van der Waals surface area contributed by atoms with E-state index in [2.05, 4.69) is 29.5 Å². The molecule has 0 unspecified atom stereocenters. The van der Waals surface area contributed by atoms with Crippen LogP contribution in [0.15, 0.2) is 4.79 Å². The van der Waals surface area contributed by atoms with Gasteiger partial charge in [0, 0.05) is 0 Å². The molecule has 19 heavy (non-hydrogen) atoms. The number of anilines is 1. The van der Waals surface area contributed by atoms with Crippen molar-refractivity contribution in [3.63, 3.8) is 0 Å². The molecule has 3 heterocycles. The summed E-state index contributed by atoms with van der Waals surface area (Å²) in [7, 11) is 0. The third kappa shape index (κ3) is 1.87. The average molecular weight is 277 g/mol. The number of hydrogen-bond acceptors (Lipinski definition) is 7. The van der Waals surface area contributed by atoms with Gasteiger partial charge in [0.25, 0.3) is 5.56 Å². The van der Waals surface area contributed by atoms with Crippen molar-refractivity contribution in [1.82, 2.24) is 29.5 Å². The molecule has 3 aromatic rings. The van der Waals surface area contributed by atoms with Gasteiger partial charge in [0.15, 0.2) is 17.0 Å². The van der Waals surface area contributed by atoms with E-state index in [1.165, 1.54) is 11.5 Å². The summed E-state index contributed by atoms with van der Waals surface area (Å²) in [5.74, 6) is 0.803. The maximum absolute atomic E-state index is 11.7. The van der Waals surface area contributed by atoms with Crippen molar-refractivity contribution in [3.8, 4) is 10.7 Å². The summed E-state index contributed by atoms with van der Waals surface area (Å²) in [6.07, 6.45) is 0. The quantitative estimate of drug-likeness (QED) is 0.638. The number of aromatic nitrogens is 6. The number of nitrogens with one attached hydrogen (secondary N) is 2. The third-order valence-electron chi connectivity index (χ3n) is 2.65. The minimum absolute atomic E-state index is 0.0436. The highest BCUT2D eigenvalue weighted by Gasteiger charge is 2.18. The summed E-state index contributed by atoms with van der Waals surface area (Å²) in [5, 5.41) is 4.08. The van der Waals surface area contributed by atoms with E-state index < -0.39 is 0 Å². The SMILES string of the molecule is CC(C)c1nnsc1-c1nc2nc(N)[nH]c(=O)c2[nH]1. The molecule has 0 amide bonds. The standard InChI is InChI=1S/C10H11N7OS/c1-3(2)4-6(19-17-16-4)8-12-5-7(13-8)14-10(11)15-9(5)18/h3H,1-2H3,(H4,11,12,13,14,15,18). The molecule has 0 spiro atoms. The van der Waals surface area contributed by atoms with Crippen LogP contribution in [0.2, 0.25) is 0 Å². The van der Waals surface area contributed by atoms with Gasteiger partial charge in [-0.05, 0) is 17.5 Å². The molecule has 0 atom stereocenters. The Morgan fingerprint density at radius 2 is 2.05 bits per heavy atom. The zero-order chi connectivity index (χ0) is 13.6. The van der Waals surface area contributed by atoms with Gasteiger partial charge >= 0.3 is 0 Å². The first-order valence-electron chi connectivity index (χ1n) is 5.64. The molecule has 0 saturated heterocycles. The van der Waals surface area contributed by atoms with Crippen molar-refractivity contribution in [1.29, 1.82) is 0 Å². The van der Waals surface area contributed by atoms with E-state index in [1.54, 1.807) is 0 Å². The molecule has 0 fully saturated rings. The molecule has 0 aliphatic carbocycles. The molecule has 0 bridgehead atoms. The fourth-order valence-electron chi connectivity index (χ4n) is 1.77. The minimum atomic E-state index is -0.343. The molecule has 0 aromatic carbocycles. The summed E-state index contributed by atoms with van der Waals surface area (Å²) >= 11 is 1.23. The number of hydrogen-bond donors (Lipinski definition) is 3. The predicted molar refractivity (Wildman–Crippen MR) is 71.9 cm³/mol. The van der Waals surface area contributed by atoms with Gasteiger partial charge in [-0.3, -0.25) is 9.78 Å². The highest BCUT2D eigenvalue weighted by Crippen LogP contribution is 2.29. The Hall–Kier alpha value is -2.29. The number of fused-ring (bicyclic) bond motifs is 1.